The second-order valence-electron chi connectivity index (χ2n) is 5.85. The molecule has 6 nitrogen and oxygen atoms in total. The molecule has 7 heteroatoms. The fourth-order valence-corrected chi connectivity index (χ4v) is 2.48. The van der Waals surface area contributed by atoms with Crippen molar-refractivity contribution in [3.63, 3.8) is 0 Å². The number of halogens is 1. The molecular formula is C18H27ClN4O2. The van der Waals surface area contributed by atoms with Gasteiger partial charge >= 0.3 is 0 Å². The largest absolute Gasteiger partial charge is 0.493 e. The third-order valence-corrected chi connectivity index (χ3v) is 3.75. The van der Waals surface area contributed by atoms with Crippen LogP contribution >= 0.6 is 12.4 Å². The molecule has 138 valence electrons. The lowest BCUT2D eigenvalue weighted by atomic mass is 10.1. The van der Waals surface area contributed by atoms with Crippen LogP contribution in [0.4, 0.5) is 0 Å². The topological polar surface area (TPSA) is 68.2 Å². The van der Waals surface area contributed by atoms with E-state index in [4.69, 9.17) is 4.74 Å². The lowest BCUT2D eigenvalue weighted by molar-refractivity contribution is -0.123. The summed E-state index contributed by atoms with van der Waals surface area (Å²) in [7, 11) is 3.59. The number of benzene rings is 1. The van der Waals surface area contributed by atoms with Crippen LogP contribution in [0.15, 0.2) is 30.6 Å². The fourth-order valence-electron chi connectivity index (χ4n) is 2.48. The molecule has 0 bridgehead atoms. The molecule has 2 N–H and O–H groups in total. The first kappa shape index (κ1) is 21.0. The fraction of sp³-hybridized carbons (Fsp3) is 0.444. The average Bonchev–Trinajstić information content (AvgIpc) is 2.98. The number of nitrogens with zero attached hydrogens (tertiary/aromatic N) is 2. The van der Waals surface area contributed by atoms with Gasteiger partial charge in [-0.05, 0) is 32.0 Å². The van der Waals surface area contributed by atoms with Crippen LogP contribution in [0, 0.1) is 6.92 Å². The summed E-state index contributed by atoms with van der Waals surface area (Å²) in [6.45, 7) is 5.19. The molecule has 0 aliphatic heterocycles. The molecule has 25 heavy (non-hydrogen) atoms. The summed E-state index contributed by atoms with van der Waals surface area (Å²) >= 11 is 0. The minimum atomic E-state index is -0.427. The number of nitrogens with one attached hydrogen (secondary N) is 2. The predicted octanol–water partition coefficient (Wildman–Crippen LogP) is 2.52. The van der Waals surface area contributed by atoms with Gasteiger partial charge in [0.2, 0.25) is 5.91 Å². The van der Waals surface area contributed by atoms with Crippen molar-refractivity contribution >= 4 is 18.3 Å². The van der Waals surface area contributed by atoms with Gasteiger partial charge in [-0.15, -0.1) is 12.4 Å². The van der Waals surface area contributed by atoms with E-state index in [2.05, 4.69) is 22.7 Å². The van der Waals surface area contributed by atoms with Gasteiger partial charge in [0.05, 0.1) is 12.8 Å². The molecular weight excluding hydrogens is 340 g/mol. The highest BCUT2D eigenvalue weighted by molar-refractivity contribution is 5.85. The molecule has 1 heterocycles. The molecule has 0 aliphatic carbocycles. The summed E-state index contributed by atoms with van der Waals surface area (Å²) < 4.78 is 7.48. The molecule has 0 aliphatic rings. The van der Waals surface area contributed by atoms with Crippen LogP contribution in [0.25, 0.3) is 0 Å². The lowest BCUT2D eigenvalue weighted by Gasteiger charge is -2.16. The standard InChI is InChI=1S/C18H26N4O2.ClH/c1-5-8-24-16-9-13(2)6-7-14(16)10-20-18(23)17(19-3)15-11-21-22(4)12-15;/h6-7,9,11-12,17,19H,5,8,10H2,1-4H3,(H,20,23);1H. The summed E-state index contributed by atoms with van der Waals surface area (Å²) in [6, 6.07) is 5.60. The van der Waals surface area contributed by atoms with Crippen LogP contribution in [-0.2, 0) is 18.4 Å². The lowest BCUT2D eigenvalue weighted by Crippen LogP contribution is -2.35. The number of amides is 1. The number of rotatable bonds is 8. The molecule has 0 spiro atoms. The minimum Gasteiger partial charge on any atom is -0.493 e. The van der Waals surface area contributed by atoms with Crippen LogP contribution in [0.5, 0.6) is 5.75 Å². The normalized spacial score (nSPS) is 11.5. The van der Waals surface area contributed by atoms with Gasteiger partial charge < -0.3 is 15.4 Å². The van der Waals surface area contributed by atoms with E-state index in [1.54, 1.807) is 17.9 Å². The number of aromatic nitrogens is 2. The summed E-state index contributed by atoms with van der Waals surface area (Å²) in [5, 5.41) is 10.1. The minimum absolute atomic E-state index is 0. The number of aryl methyl sites for hydroxylation is 2. The molecule has 1 unspecified atom stereocenters. The third-order valence-electron chi connectivity index (χ3n) is 3.75. The summed E-state index contributed by atoms with van der Waals surface area (Å²) in [4.78, 5) is 12.5. The average molecular weight is 367 g/mol. The Bertz CT molecular complexity index is 687. The van der Waals surface area contributed by atoms with Crippen molar-refractivity contribution in [2.75, 3.05) is 13.7 Å². The first-order valence-electron chi connectivity index (χ1n) is 8.21. The maximum atomic E-state index is 12.5. The Morgan fingerprint density at radius 1 is 1.40 bits per heavy atom. The SMILES string of the molecule is CCCOc1cc(C)ccc1CNC(=O)C(NC)c1cnn(C)c1.Cl. The van der Waals surface area contributed by atoms with Crippen LogP contribution < -0.4 is 15.4 Å². The van der Waals surface area contributed by atoms with Crippen LogP contribution in [-0.4, -0.2) is 29.3 Å². The number of ether oxygens (including phenoxy) is 1. The first-order valence-corrected chi connectivity index (χ1v) is 8.21. The Kier molecular flexibility index (Phi) is 8.45. The van der Waals surface area contributed by atoms with E-state index in [-0.39, 0.29) is 18.3 Å². The zero-order valence-corrected chi connectivity index (χ0v) is 16.0. The zero-order chi connectivity index (χ0) is 17.5. The zero-order valence-electron chi connectivity index (χ0n) is 15.2. The maximum absolute atomic E-state index is 12.5. The van der Waals surface area contributed by atoms with Crippen LogP contribution in [0.2, 0.25) is 0 Å². The molecule has 1 amide bonds. The van der Waals surface area contributed by atoms with Gasteiger partial charge in [-0.3, -0.25) is 9.48 Å². The second kappa shape index (κ2) is 10.1. The quantitative estimate of drug-likeness (QED) is 0.753. The number of hydrogen-bond donors (Lipinski definition) is 2. The van der Waals surface area contributed by atoms with Crippen LogP contribution in [0.1, 0.15) is 36.1 Å². The third kappa shape index (κ3) is 5.76. The molecule has 2 aromatic rings. The Labute approximate surface area is 155 Å². The summed E-state index contributed by atoms with van der Waals surface area (Å²) in [6.07, 6.45) is 4.48. The second-order valence-corrected chi connectivity index (χ2v) is 5.85. The van der Waals surface area contributed by atoms with E-state index in [1.165, 1.54) is 0 Å². The molecule has 0 saturated carbocycles. The number of hydrogen-bond acceptors (Lipinski definition) is 4. The number of carbonyl (C=O) groups excluding carboxylic acids is 1. The van der Waals surface area contributed by atoms with E-state index >= 15 is 0 Å². The van der Waals surface area contributed by atoms with Crippen molar-refractivity contribution in [3.8, 4) is 5.75 Å². The maximum Gasteiger partial charge on any atom is 0.242 e. The van der Waals surface area contributed by atoms with Gasteiger partial charge in [0.15, 0.2) is 0 Å². The van der Waals surface area contributed by atoms with Gasteiger partial charge in [0.1, 0.15) is 11.8 Å². The van der Waals surface area contributed by atoms with Gasteiger partial charge in [-0.1, -0.05) is 19.1 Å². The highest BCUT2D eigenvalue weighted by atomic mass is 35.5. The summed E-state index contributed by atoms with van der Waals surface area (Å²) in [5.74, 6) is 0.743. The summed E-state index contributed by atoms with van der Waals surface area (Å²) in [5.41, 5.74) is 2.95. The Morgan fingerprint density at radius 3 is 2.76 bits per heavy atom. The Morgan fingerprint density at radius 2 is 2.16 bits per heavy atom. The molecule has 0 saturated heterocycles. The highest BCUT2D eigenvalue weighted by Gasteiger charge is 2.20. The van der Waals surface area contributed by atoms with Gasteiger partial charge in [0, 0.05) is 30.9 Å². The first-order chi connectivity index (χ1) is 11.5. The molecule has 0 radical (unpaired) electrons. The molecule has 2 rings (SSSR count). The molecule has 1 aromatic heterocycles. The van der Waals surface area contributed by atoms with Crippen molar-refractivity contribution in [2.45, 2.75) is 32.9 Å². The molecule has 0 fully saturated rings. The smallest absolute Gasteiger partial charge is 0.242 e. The Hall–Kier alpha value is -2.05. The van der Waals surface area contributed by atoms with E-state index < -0.39 is 6.04 Å². The van der Waals surface area contributed by atoms with Crippen molar-refractivity contribution in [1.29, 1.82) is 0 Å². The van der Waals surface area contributed by atoms with Gasteiger partial charge in [-0.25, -0.2) is 0 Å². The number of carbonyl (C=O) groups is 1. The van der Waals surface area contributed by atoms with Gasteiger partial charge in [0.25, 0.3) is 0 Å². The van der Waals surface area contributed by atoms with Crippen LogP contribution in [0.3, 0.4) is 0 Å². The van der Waals surface area contributed by atoms with E-state index in [1.807, 2.05) is 38.4 Å². The van der Waals surface area contributed by atoms with Crippen molar-refractivity contribution in [2.24, 2.45) is 7.05 Å². The van der Waals surface area contributed by atoms with Crippen molar-refractivity contribution in [3.05, 3.63) is 47.3 Å². The molecule has 1 aromatic carbocycles. The van der Waals surface area contributed by atoms with Crippen molar-refractivity contribution < 1.29 is 9.53 Å². The highest BCUT2D eigenvalue weighted by Crippen LogP contribution is 2.21. The monoisotopic (exact) mass is 366 g/mol. The Balaban J connectivity index is 0.00000312. The predicted molar refractivity (Wildman–Crippen MR) is 101 cm³/mol. The van der Waals surface area contributed by atoms with E-state index in [9.17, 15) is 4.79 Å². The van der Waals surface area contributed by atoms with Gasteiger partial charge in [-0.2, -0.15) is 5.10 Å². The van der Waals surface area contributed by atoms with E-state index in [0.29, 0.717) is 13.2 Å². The number of likely N-dealkylation sites (N-methyl/N-ethyl adjacent to an activating group) is 1. The molecule has 1 atom stereocenters. The van der Waals surface area contributed by atoms with Crippen molar-refractivity contribution in [1.82, 2.24) is 20.4 Å². The van der Waals surface area contributed by atoms with E-state index in [0.717, 1.165) is 28.9 Å².